The van der Waals surface area contributed by atoms with Crippen LogP contribution in [-0.2, 0) is 0 Å². The van der Waals surface area contributed by atoms with Gasteiger partial charge in [0.25, 0.3) is 5.91 Å². The summed E-state index contributed by atoms with van der Waals surface area (Å²) in [6.45, 7) is 4.38. The molecule has 0 aromatic heterocycles. The van der Waals surface area contributed by atoms with E-state index in [0.29, 0.717) is 11.6 Å². The van der Waals surface area contributed by atoms with Crippen LogP contribution in [0.4, 0.5) is 0 Å². The third kappa shape index (κ3) is 4.63. The van der Waals surface area contributed by atoms with E-state index in [9.17, 15) is 9.90 Å². The minimum atomic E-state index is -0.304. The molecule has 1 aromatic carbocycles. The van der Waals surface area contributed by atoms with Crippen LogP contribution in [-0.4, -0.2) is 30.6 Å². The Hall–Kier alpha value is -1.26. The first-order valence-electron chi connectivity index (χ1n) is 5.62. The fraction of sp³-hybridized carbons (Fsp3) is 0.417. The van der Waals surface area contributed by atoms with Crippen molar-refractivity contribution in [3.8, 4) is 5.75 Å². The predicted molar refractivity (Wildman–Crippen MR) is 68.6 cm³/mol. The molecule has 0 aliphatic rings. The molecule has 0 spiro atoms. The molecule has 0 bridgehead atoms. The van der Waals surface area contributed by atoms with Crippen LogP contribution in [0, 0.1) is 0 Å². The molecule has 17 heavy (non-hydrogen) atoms. The molecule has 1 amide bonds. The van der Waals surface area contributed by atoms with Gasteiger partial charge in [-0.2, -0.15) is 0 Å². The van der Waals surface area contributed by atoms with Crippen LogP contribution < -0.4 is 10.6 Å². The number of hydrogen-bond acceptors (Lipinski definition) is 3. The average Bonchev–Trinajstić information content (AvgIpc) is 2.32. The van der Waals surface area contributed by atoms with Crippen LogP contribution in [0.25, 0.3) is 0 Å². The third-order valence-corrected chi connectivity index (χ3v) is 2.50. The van der Waals surface area contributed by atoms with Gasteiger partial charge < -0.3 is 15.7 Å². The molecule has 0 saturated heterocycles. The van der Waals surface area contributed by atoms with Crippen LogP contribution in [0.2, 0.25) is 5.02 Å². The van der Waals surface area contributed by atoms with Crippen molar-refractivity contribution in [2.45, 2.75) is 13.3 Å². The number of phenolic OH excluding ortho intramolecular Hbond substituents is 1. The van der Waals surface area contributed by atoms with Gasteiger partial charge in [0.2, 0.25) is 0 Å². The van der Waals surface area contributed by atoms with Gasteiger partial charge in [0.05, 0.1) is 5.56 Å². The van der Waals surface area contributed by atoms with Gasteiger partial charge in [-0.15, -0.1) is 0 Å². The average molecular weight is 257 g/mol. The SMILES string of the molecule is CCNCCCNC(=O)c1cc(Cl)ccc1O. The molecule has 4 nitrogen and oxygen atoms in total. The van der Waals surface area contributed by atoms with Crippen LogP contribution in [0.5, 0.6) is 5.75 Å². The number of benzene rings is 1. The molecule has 0 heterocycles. The van der Waals surface area contributed by atoms with Gasteiger partial charge >= 0.3 is 0 Å². The van der Waals surface area contributed by atoms with Gasteiger partial charge in [0.15, 0.2) is 0 Å². The van der Waals surface area contributed by atoms with E-state index in [2.05, 4.69) is 10.6 Å². The highest BCUT2D eigenvalue weighted by atomic mass is 35.5. The molecular formula is C12H17ClN2O2. The first-order valence-corrected chi connectivity index (χ1v) is 6.00. The number of aromatic hydroxyl groups is 1. The van der Waals surface area contributed by atoms with Crippen molar-refractivity contribution in [2.75, 3.05) is 19.6 Å². The number of amides is 1. The van der Waals surface area contributed by atoms with Crippen molar-refractivity contribution in [2.24, 2.45) is 0 Å². The van der Waals surface area contributed by atoms with Gasteiger partial charge in [0, 0.05) is 11.6 Å². The van der Waals surface area contributed by atoms with Crippen LogP contribution in [0.15, 0.2) is 18.2 Å². The molecule has 0 aliphatic carbocycles. The quantitative estimate of drug-likeness (QED) is 0.680. The summed E-state index contributed by atoms with van der Waals surface area (Å²) in [7, 11) is 0. The smallest absolute Gasteiger partial charge is 0.255 e. The summed E-state index contributed by atoms with van der Waals surface area (Å²) >= 11 is 5.76. The summed E-state index contributed by atoms with van der Waals surface area (Å²) < 4.78 is 0. The molecular weight excluding hydrogens is 240 g/mol. The zero-order valence-corrected chi connectivity index (χ0v) is 10.5. The molecule has 0 unspecified atom stereocenters. The second-order valence-corrected chi connectivity index (χ2v) is 4.06. The van der Waals surface area contributed by atoms with Crippen molar-refractivity contribution in [3.63, 3.8) is 0 Å². The Morgan fingerprint density at radius 2 is 2.18 bits per heavy atom. The van der Waals surface area contributed by atoms with E-state index >= 15 is 0 Å². The van der Waals surface area contributed by atoms with E-state index in [1.165, 1.54) is 12.1 Å². The van der Waals surface area contributed by atoms with Gasteiger partial charge in [0.1, 0.15) is 5.75 Å². The number of carbonyl (C=O) groups is 1. The minimum Gasteiger partial charge on any atom is -0.507 e. The Labute approximate surface area is 106 Å². The van der Waals surface area contributed by atoms with Crippen LogP contribution >= 0.6 is 11.6 Å². The summed E-state index contributed by atoms with van der Waals surface area (Å²) in [5, 5.41) is 15.8. The highest BCUT2D eigenvalue weighted by Crippen LogP contribution is 2.21. The number of halogens is 1. The first-order chi connectivity index (χ1) is 8.15. The number of phenols is 1. The third-order valence-electron chi connectivity index (χ3n) is 2.27. The molecule has 0 aliphatic heterocycles. The molecule has 1 aromatic rings. The Balaban J connectivity index is 2.44. The van der Waals surface area contributed by atoms with Crippen molar-refractivity contribution in [3.05, 3.63) is 28.8 Å². The molecule has 0 atom stereocenters. The lowest BCUT2D eigenvalue weighted by atomic mass is 10.2. The monoisotopic (exact) mass is 256 g/mol. The van der Waals surface area contributed by atoms with E-state index in [4.69, 9.17) is 11.6 Å². The maximum Gasteiger partial charge on any atom is 0.255 e. The zero-order valence-electron chi connectivity index (χ0n) is 9.79. The largest absolute Gasteiger partial charge is 0.507 e. The van der Waals surface area contributed by atoms with Crippen molar-refractivity contribution in [1.82, 2.24) is 10.6 Å². The van der Waals surface area contributed by atoms with Crippen LogP contribution in [0.1, 0.15) is 23.7 Å². The Bertz CT molecular complexity index is 383. The van der Waals surface area contributed by atoms with E-state index in [1.807, 2.05) is 6.92 Å². The zero-order chi connectivity index (χ0) is 12.7. The fourth-order valence-electron chi connectivity index (χ4n) is 1.38. The topological polar surface area (TPSA) is 61.4 Å². The Morgan fingerprint density at radius 1 is 1.41 bits per heavy atom. The van der Waals surface area contributed by atoms with E-state index in [1.54, 1.807) is 6.07 Å². The van der Waals surface area contributed by atoms with E-state index in [0.717, 1.165) is 19.5 Å². The number of carbonyl (C=O) groups excluding carboxylic acids is 1. The maximum atomic E-state index is 11.7. The summed E-state index contributed by atoms with van der Waals surface area (Å²) in [5.41, 5.74) is 0.209. The molecule has 0 radical (unpaired) electrons. The summed E-state index contributed by atoms with van der Waals surface area (Å²) in [5.74, 6) is -0.361. The normalized spacial score (nSPS) is 10.2. The summed E-state index contributed by atoms with van der Waals surface area (Å²) in [4.78, 5) is 11.7. The van der Waals surface area contributed by atoms with Crippen molar-refractivity contribution < 1.29 is 9.90 Å². The Morgan fingerprint density at radius 3 is 2.88 bits per heavy atom. The lowest BCUT2D eigenvalue weighted by Crippen LogP contribution is -2.27. The standard InChI is InChI=1S/C12H17ClN2O2/c1-2-14-6-3-7-15-12(17)10-8-9(13)4-5-11(10)16/h4-5,8,14,16H,2-3,6-7H2,1H3,(H,15,17). The predicted octanol–water partition coefficient (Wildman–Crippen LogP) is 1.77. The number of nitrogens with one attached hydrogen (secondary N) is 2. The lowest BCUT2D eigenvalue weighted by molar-refractivity contribution is 0.0950. The minimum absolute atomic E-state index is 0.0569. The Kier molecular flexibility index (Phi) is 5.80. The molecule has 0 saturated carbocycles. The second kappa shape index (κ2) is 7.14. The van der Waals surface area contributed by atoms with E-state index < -0.39 is 0 Å². The van der Waals surface area contributed by atoms with Crippen molar-refractivity contribution in [1.29, 1.82) is 0 Å². The summed E-state index contributed by atoms with van der Waals surface area (Å²) in [6.07, 6.45) is 0.848. The highest BCUT2D eigenvalue weighted by molar-refractivity contribution is 6.31. The van der Waals surface area contributed by atoms with Crippen LogP contribution in [0.3, 0.4) is 0 Å². The van der Waals surface area contributed by atoms with Gasteiger partial charge in [-0.25, -0.2) is 0 Å². The molecule has 1 rings (SSSR count). The fourth-order valence-corrected chi connectivity index (χ4v) is 1.55. The second-order valence-electron chi connectivity index (χ2n) is 3.62. The molecule has 3 N–H and O–H groups in total. The number of hydrogen-bond donors (Lipinski definition) is 3. The summed E-state index contributed by atoms with van der Waals surface area (Å²) in [6, 6.07) is 4.41. The van der Waals surface area contributed by atoms with Gasteiger partial charge in [-0.05, 0) is 37.7 Å². The van der Waals surface area contributed by atoms with Crippen molar-refractivity contribution >= 4 is 17.5 Å². The lowest BCUT2D eigenvalue weighted by Gasteiger charge is -2.07. The van der Waals surface area contributed by atoms with Gasteiger partial charge in [-0.1, -0.05) is 18.5 Å². The highest BCUT2D eigenvalue weighted by Gasteiger charge is 2.10. The molecule has 5 heteroatoms. The van der Waals surface area contributed by atoms with Gasteiger partial charge in [-0.3, -0.25) is 4.79 Å². The van der Waals surface area contributed by atoms with E-state index in [-0.39, 0.29) is 17.2 Å². The molecule has 0 fully saturated rings. The maximum absolute atomic E-state index is 11.7. The molecule has 94 valence electrons. The first kappa shape index (κ1) is 13.8. The number of rotatable bonds is 6.